The first kappa shape index (κ1) is 10.2. The Bertz CT molecular complexity index is 372. The molecule has 15 heavy (non-hydrogen) atoms. The number of hydrogen-bond acceptors (Lipinski definition) is 1. The second-order valence-electron chi connectivity index (χ2n) is 4.62. The van der Waals surface area contributed by atoms with E-state index in [-0.39, 0.29) is 6.03 Å². The smallest absolute Gasteiger partial charge is 0.307 e. The van der Waals surface area contributed by atoms with Crippen LogP contribution in [0.25, 0.3) is 0 Å². The molecule has 2 unspecified atom stereocenters. The van der Waals surface area contributed by atoms with Crippen LogP contribution in [0.2, 0.25) is 0 Å². The van der Waals surface area contributed by atoms with Gasteiger partial charge in [0.05, 0.1) is 7.05 Å². The molecule has 0 aliphatic heterocycles. The molecule has 4 nitrogen and oxygen atoms in total. The summed E-state index contributed by atoms with van der Waals surface area (Å²) in [5, 5.41) is 0. The molecule has 0 aromatic carbocycles. The van der Waals surface area contributed by atoms with Crippen LogP contribution in [-0.2, 0) is 7.05 Å². The predicted molar refractivity (Wildman–Crippen MR) is 56.3 cm³/mol. The lowest BCUT2D eigenvalue weighted by atomic mass is 10.3. The second-order valence-corrected chi connectivity index (χ2v) is 4.62. The Hall–Kier alpha value is -1.32. The zero-order valence-corrected chi connectivity index (χ0v) is 9.55. The molecule has 4 heteroatoms. The molecule has 1 heterocycles. The summed E-state index contributed by atoms with van der Waals surface area (Å²) in [6, 6.07) is 0.0506. The molecule has 2 atom stereocenters. The maximum Gasteiger partial charge on any atom is 0.415 e. The van der Waals surface area contributed by atoms with E-state index in [0.717, 1.165) is 12.5 Å². The van der Waals surface area contributed by atoms with Gasteiger partial charge in [0.2, 0.25) is 0 Å². The quantitative estimate of drug-likeness (QED) is 0.663. The average molecular weight is 208 g/mol. The van der Waals surface area contributed by atoms with Gasteiger partial charge in [-0.2, -0.15) is 4.57 Å². The lowest BCUT2D eigenvalue weighted by molar-refractivity contribution is -0.670. The first-order valence-corrected chi connectivity index (χ1v) is 5.36. The van der Waals surface area contributed by atoms with Crippen molar-refractivity contribution in [2.45, 2.75) is 13.3 Å². The lowest BCUT2D eigenvalue weighted by Crippen LogP contribution is -2.33. The third kappa shape index (κ3) is 2.19. The van der Waals surface area contributed by atoms with Crippen LogP contribution in [0.5, 0.6) is 0 Å². The van der Waals surface area contributed by atoms with Gasteiger partial charge >= 0.3 is 6.03 Å². The van der Waals surface area contributed by atoms with Crippen LogP contribution in [0.4, 0.5) is 4.79 Å². The molecule has 82 valence electrons. The standard InChI is InChI=1S/C11H18N3O/c1-9-6-10(9)7-13(3)11(15)14-5-4-12(2)8-14/h4-5,8-10H,6-7H2,1-3H3/q+1. The predicted octanol–water partition coefficient (Wildman–Crippen LogP) is 0.868. The molecule has 1 amide bonds. The number of rotatable bonds is 2. The molecule has 1 saturated carbocycles. The number of aryl methyl sites for hydroxylation is 1. The Morgan fingerprint density at radius 3 is 2.80 bits per heavy atom. The summed E-state index contributed by atoms with van der Waals surface area (Å²) in [6.45, 7) is 3.11. The number of amides is 1. The molecule has 0 N–H and O–H groups in total. The first-order chi connectivity index (χ1) is 7.08. The fourth-order valence-corrected chi connectivity index (χ4v) is 1.84. The highest BCUT2D eigenvalue weighted by Crippen LogP contribution is 2.37. The number of nitrogens with zero attached hydrogens (tertiary/aromatic N) is 3. The molecule has 1 aliphatic rings. The normalized spacial score (nSPS) is 23.9. The Morgan fingerprint density at radius 1 is 1.67 bits per heavy atom. The SMILES string of the molecule is CC1CC1CN(C)C(=O)n1cc[n+](C)c1. The molecule has 0 saturated heterocycles. The molecular formula is C11H18N3O+. The lowest BCUT2D eigenvalue weighted by Gasteiger charge is -2.13. The van der Waals surface area contributed by atoms with Crippen LogP contribution >= 0.6 is 0 Å². The van der Waals surface area contributed by atoms with E-state index in [0.29, 0.717) is 5.92 Å². The fraction of sp³-hybridized carbons (Fsp3) is 0.636. The van der Waals surface area contributed by atoms with Crippen LogP contribution in [0, 0.1) is 11.8 Å². The van der Waals surface area contributed by atoms with E-state index in [9.17, 15) is 4.79 Å². The van der Waals surface area contributed by atoms with Crippen molar-refractivity contribution in [3.05, 3.63) is 18.7 Å². The first-order valence-electron chi connectivity index (χ1n) is 5.36. The Balaban J connectivity index is 1.95. The molecular weight excluding hydrogens is 190 g/mol. The van der Waals surface area contributed by atoms with Crippen LogP contribution < -0.4 is 4.57 Å². The van der Waals surface area contributed by atoms with E-state index in [1.807, 2.05) is 24.9 Å². The van der Waals surface area contributed by atoms with Crippen LogP contribution in [-0.4, -0.2) is 29.1 Å². The van der Waals surface area contributed by atoms with E-state index in [2.05, 4.69) is 6.92 Å². The molecule has 0 bridgehead atoms. The second kappa shape index (κ2) is 3.68. The summed E-state index contributed by atoms with van der Waals surface area (Å²) in [4.78, 5) is 13.7. The van der Waals surface area contributed by atoms with Gasteiger partial charge in [0.15, 0.2) is 0 Å². The summed E-state index contributed by atoms with van der Waals surface area (Å²) >= 11 is 0. The zero-order chi connectivity index (χ0) is 11.0. The number of aromatic nitrogens is 2. The highest BCUT2D eigenvalue weighted by atomic mass is 16.2. The van der Waals surface area contributed by atoms with Gasteiger partial charge in [0.25, 0.3) is 6.33 Å². The van der Waals surface area contributed by atoms with Gasteiger partial charge in [-0.05, 0) is 18.3 Å². The molecule has 2 rings (SSSR count). The van der Waals surface area contributed by atoms with Crippen molar-refractivity contribution in [3.8, 4) is 0 Å². The van der Waals surface area contributed by atoms with Crippen LogP contribution in [0.15, 0.2) is 18.7 Å². The maximum absolute atomic E-state index is 11.9. The summed E-state index contributed by atoms with van der Waals surface area (Å²) in [7, 11) is 3.78. The Morgan fingerprint density at radius 2 is 2.33 bits per heavy atom. The third-order valence-corrected chi connectivity index (χ3v) is 3.10. The highest BCUT2D eigenvalue weighted by molar-refractivity contribution is 5.76. The fourth-order valence-electron chi connectivity index (χ4n) is 1.84. The van der Waals surface area contributed by atoms with Gasteiger partial charge < -0.3 is 4.90 Å². The van der Waals surface area contributed by atoms with Crippen LogP contribution in [0.1, 0.15) is 13.3 Å². The average Bonchev–Trinajstić information content (AvgIpc) is 2.71. The summed E-state index contributed by atoms with van der Waals surface area (Å²) < 4.78 is 3.48. The van der Waals surface area contributed by atoms with Crippen molar-refractivity contribution in [1.29, 1.82) is 0 Å². The Labute approximate surface area is 90.1 Å². The number of hydrogen-bond donors (Lipinski definition) is 0. The van der Waals surface area contributed by atoms with E-state index in [1.165, 1.54) is 6.42 Å². The molecule has 0 radical (unpaired) electrons. The van der Waals surface area contributed by atoms with Gasteiger partial charge in [0, 0.05) is 13.6 Å². The number of imidazole rings is 1. The van der Waals surface area contributed by atoms with Gasteiger partial charge in [0.1, 0.15) is 12.4 Å². The molecule has 0 spiro atoms. The topological polar surface area (TPSA) is 29.1 Å². The van der Waals surface area contributed by atoms with Crippen molar-refractivity contribution in [2.24, 2.45) is 18.9 Å². The summed E-state index contributed by atoms with van der Waals surface area (Å²) in [6.07, 6.45) is 6.70. The van der Waals surface area contributed by atoms with E-state index < -0.39 is 0 Å². The van der Waals surface area contributed by atoms with Crippen molar-refractivity contribution < 1.29 is 9.36 Å². The Kier molecular flexibility index (Phi) is 2.50. The summed E-state index contributed by atoms with van der Waals surface area (Å²) in [5.41, 5.74) is 0. The maximum atomic E-state index is 11.9. The van der Waals surface area contributed by atoms with Gasteiger partial charge in [-0.15, -0.1) is 0 Å². The van der Waals surface area contributed by atoms with Crippen LogP contribution in [0.3, 0.4) is 0 Å². The molecule has 1 aliphatic carbocycles. The van der Waals surface area contributed by atoms with Crippen molar-refractivity contribution in [1.82, 2.24) is 9.47 Å². The zero-order valence-electron chi connectivity index (χ0n) is 9.55. The third-order valence-electron chi connectivity index (χ3n) is 3.10. The minimum atomic E-state index is 0.0506. The van der Waals surface area contributed by atoms with Crippen molar-refractivity contribution in [2.75, 3.05) is 13.6 Å². The minimum Gasteiger partial charge on any atom is -0.307 e. The number of carbonyl (C=O) groups excluding carboxylic acids is 1. The molecule has 1 aromatic rings. The van der Waals surface area contributed by atoms with Gasteiger partial charge in [-0.1, -0.05) is 6.92 Å². The van der Waals surface area contributed by atoms with Gasteiger partial charge in [-0.25, -0.2) is 9.36 Å². The van der Waals surface area contributed by atoms with E-state index >= 15 is 0 Å². The molecule has 1 aromatic heterocycles. The summed E-state index contributed by atoms with van der Waals surface area (Å²) in [5.74, 6) is 1.50. The molecule has 1 fully saturated rings. The van der Waals surface area contributed by atoms with Crippen molar-refractivity contribution >= 4 is 6.03 Å². The van der Waals surface area contributed by atoms with E-state index in [4.69, 9.17) is 0 Å². The largest absolute Gasteiger partial charge is 0.415 e. The van der Waals surface area contributed by atoms with Gasteiger partial charge in [-0.3, -0.25) is 0 Å². The van der Waals surface area contributed by atoms with E-state index in [1.54, 1.807) is 22.0 Å². The minimum absolute atomic E-state index is 0.0506. The number of carbonyl (C=O) groups is 1. The highest BCUT2D eigenvalue weighted by Gasteiger charge is 2.35. The van der Waals surface area contributed by atoms with Crippen molar-refractivity contribution in [3.63, 3.8) is 0 Å². The monoisotopic (exact) mass is 208 g/mol.